The van der Waals surface area contributed by atoms with E-state index in [0.29, 0.717) is 6.04 Å². The second-order valence-electron chi connectivity index (χ2n) is 5.39. The lowest BCUT2D eigenvalue weighted by Gasteiger charge is -2.20. The van der Waals surface area contributed by atoms with Gasteiger partial charge in [0.15, 0.2) is 0 Å². The fourth-order valence-electron chi connectivity index (χ4n) is 2.61. The van der Waals surface area contributed by atoms with Crippen LogP contribution in [0.15, 0.2) is 36.7 Å². The molecule has 1 unspecified atom stereocenters. The van der Waals surface area contributed by atoms with Crippen molar-refractivity contribution >= 4 is 0 Å². The summed E-state index contributed by atoms with van der Waals surface area (Å²) in [6, 6.07) is 9.23. The van der Waals surface area contributed by atoms with Gasteiger partial charge in [-0.25, -0.2) is 0 Å². The molecule has 0 spiro atoms. The third kappa shape index (κ3) is 3.26. The third-order valence-electron chi connectivity index (χ3n) is 4.06. The summed E-state index contributed by atoms with van der Waals surface area (Å²) in [5, 5.41) is 3.45. The molecule has 0 saturated carbocycles. The molecule has 0 bridgehead atoms. The molecule has 1 aromatic heterocycles. The van der Waals surface area contributed by atoms with E-state index in [-0.39, 0.29) is 0 Å². The minimum absolute atomic E-state index is 0.343. The Morgan fingerprint density at radius 2 is 1.95 bits per heavy atom. The number of aromatic nitrogens is 1. The predicted octanol–water partition coefficient (Wildman–Crippen LogP) is 3.76. The number of benzene rings is 1. The summed E-state index contributed by atoms with van der Waals surface area (Å²) in [6.07, 6.45) is 5.90. The minimum atomic E-state index is 0.343. The van der Waals surface area contributed by atoms with Crippen LogP contribution in [0.2, 0.25) is 0 Å². The Labute approximate surface area is 122 Å². The molecule has 1 heterocycles. The van der Waals surface area contributed by atoms with Gasteiger partial charge in [-0.3, -0.25) is 4.98 Å². The monoisotopic (exact) mass is 268 g/mol. The van der Waals surface area contributed by atoms with Gasteiger partial charge in [0.1, 0.15) is 0 Å². The van der Waals surface area contributed by atoms with Crippen molar-refractivity contribution in [3.05, 3.63) is 64.5 Å². The molecule has 0 fully saturated rings. The van der Waals surface area contributed by atoms with Gasteiger partial charge in [-0.15, -0.1) is 0 Å². The maximum Gasteiger partial charge on any atom is 0.0362 e. The lowest BCUT2D eigenvalue weighted by atomic mass is 9.94. The number of aryl methyl sites for hydroxylation is 3. The van der Waals surface area contributed by atoms with E-state index < -0.39 is 0 Å². The number of likely N-dealkylation sites (N-methyl/N-ethyl adjacent to an activating group) is 1. The van der Waals surface area contributed by atoms with E-state index in [4.69, 9.17) is 0 Å². The van der Waals surface area contributed by atoms with Crippen LogP contribution in [0.1, 0.15) is 40.8 Å². The maximum atomic E-state index is 4.24. The van der Waals surface area contributed by atoms with Crippen LogP contribution in [0.3, 0.4) is 0 Å². The summed E-state index contributed by atoms with van der Waals surface area (Å²) < 4.78 is 0. The average molecular weight is 268 g/mol. The number of nitrogens with zero attached hydrogens (tertiary/aromatic N) is 1. The molecule has 2 heteroatoms. The van der Waals surface area contributed by atoms with Crippen molar-refractivity contribution in [1.82, 2.24) is 10.3 Å². The topological polar surface area (TPSA) is 24.9 Å². The smallest absolute Gasteiger partial charge is 0.0362 e. The molecule has 0 saturated heterocycles. The SMILES string of the molecule is CCc1cnccc1C(Cc1ccc(C)c(C)c1)NC. The van der Waals surface area contributed by atoms with Crippen molar-refractivity contribution in [2.75, 3.05) is 7.05 Å². The summed E-state index contributed by atoms with van der Waals surface area (Å²) in [6.45, 7) is 6.52. The Balaban J connectivity index is 2.26. The molecule has 1 aromatic carbocycles. The van der Waals surface area contributed by atoms with E-state index in [2.05, 4.69) is 55.3 Å². The summed E-state index contributed by atoms with van der Waals surface area (Å²) in [4.78, 5) is 4.24. The van der Waals surface area contributed by atoms with Crippen molar-refractivity contribution < 1.29 is 0 Å². The zero-order valence-electron chi connectivity index (χ0n) is 12.9. The first-order valence-corrected chi connectivity index (χ1v) is 7.31. The van der Waals surface area contributed by atoms with Crippen LogP contribution in [0.25, 0.3) is 0 Å². The van der Waals surface area contributed by atoms with Crippen molar-refractivity contribution in [1.29, 1.82) is 0 Å². The Morgan fingerprint density at radius 3 is 2.60 bits per heavy atom. The molecule has 20 heavy (non-hydrogen) atoms. The Kier molecular flexibility index (Phi) is 4.91. The number of pyridine rings is 1. The molecule has 1 N–H and O–H groups in total. The minimum Gasteiger partial charge on any atom is -0.313 e. The van der Waals surface area contributed by atoms with Gasteiger partial charge in [0.25, 0.3) is 0 Å². The normalized spacial score (nSPS) is 12.4. The highest BCUT2D eigenvalue weighted by molar-refractivity contribution is 5.33. The van der Waals surface area contributed by atoms with Crippen LogP contribution >= 0.6 is 0 Å². The number of rotatable bonds is 5. The highest BCUT2D eigenvalue weighted by Crippen LogP contribution is 2.22. The Morgan fingerprint density at radius 1 is 1.15 bits per heavy atom. The lowest BCUT2D eigenvalue weighted by molar-refractivity contribution is 0.585. The second kappa shape index (κ2) is 6.67. The van der Waals surface area contributed by atoms with E-state index in [1.165, 1.54) is 27.8 Å². The molecule has 1 atom stereocenters. The molecule has 0 radical (unpaired) electrons. The quantitative estimate of drug-likeness (QED) is 0.893. The van der Waals surface area contributed by atoms with E-state index in [1.807, 2.05) is 19.4 Å². The van der Waals surface area contributed by atoms with Gasteiger partial charge < -0.3 is 5.32 Å². The predicted molar refractivity (Wildman–Crippen MR) is 85.0 cm³/mol. The van der Waals surface area contributed by atoms with Crippen LogP contribution in [0, 0.1) is 13.8 Å². The summed E-state index contributed by atoms with van der Waals surface area (Å²) in [5.74, 6) is 0. The van der Waals surface area contributed by atoms with E-state index in [9.17, 15) is 0 Å². The van der Waals surface area contributed by atoms with Gasteiger partial charge >= 0.3 is 0 Å². The molecular weight excluding hydrogens is 244 g/mol. The molecule has 0 amide bonds. The number of nitrogens with one attached hydrogen (secondary N) is 1. The third-order valence-corrected chi connectivity index (χ3v) is 4.06. The average Bonchev–Trinajstić information content (AvgIpc) is 2.48. The van der Waals surface area contributed by atoms with E-state index in [1.54, 1.807) is 0 Å². The van der Waals surface area contributed by atoms with Gasteiger partial charge in [0, 0.05) is 18.4 Å². The second-order valence-corrected chi connectivity index (χ2v) is 5.39. The maximum absolute atomic E-state index is 4.24. The van der Waals surface area contributed by atoms with E-state index in [0.717, 1.165) is 12.8 Å². The molecule has 2 rings (SSSR count). The molecule has 0 aliphatic heterocycles. The van der Waals surface area contributed by atoms with Crippen molar-refractivity contribution in [3.8, 4) is 0 Å². The summed E-state index contributed by atoms with van der Waals surface area (Å²) in [5.41, 5.74) is 6.79. The van der Waals surface area contributed by atoms with Crippen LogP contribution in [0.4, 0.5) is 0 Å². The highest BCUT2D eigenvalue weighted by Gasteiger charge is 2.13. The van der Waals surface area contributed by atoms with Gasteiger partial charge in [0.2, 0.25) is 0 Å². The van der Waals surface area contributed by atoms with E-state index >= 15 is 0 Å². The molecule has 2 nitrogen and oxygen atoms in total. The van der Waals surface area contributed by atoms with Gasteiger partial charge in [-0.2, -0.15) is 0 Å². The largest absolute Gasteiger partial charge is 0.313 e. The standard InChI is InChI=1S/C18H24N2/c1-5-16-12-20-9-8-17(16)18(19-4)11-15-7-6-13(2)14(3)10-15/h6-10,12,18-19H,5,11H2,1-4H3. The van der Waals surface area contributed by atoms with Crippen LogP contribution in [-0.4, -0.2) is 12.0 Å². The summed E-state index contributed by atoms with van der Waals surface area (Å²) >= 11 is 0. The van der Waals surface area contributed by atoms with Crippen molar-refractivity contribution in [2.45, 2.75) is 39.7 Å². The molecule has 2 aromatic rings. The number of hydrogen-bond acceptors (Lipinski definition) is 2. The van der Waals surface area contributed by atoms with Gasteiger partial charge in [-0.05, 0) is 67.6 Å². The van der Waals surface area contributed by atoms with Crippen LogP contribution < -0.4 is 5.32 Å². The first-order chi connectivity index (χ1) is 9.65. The Bertz CT molecular complexity index is 575. The molecule has 0 aliphatic rings. The lowest BCUT2D eigenvalue weighted by Crippen LogP contribution is -2.20. The Hall–Kier alpha value is -1.67. The highest BCUT2D eigenvalue weighted by atomic mass is 14.9. The zero-order valence-corrected chi connectivity index (χ0v) is 12.9. The van der Waals surface area contributed by atoms with Crippen molar-refractivity contribution in [3.63, 3.8) is 0 Å². The van der Waals surface area contributed by atoms with Gasteiger partial charge in [0.05, 0.1) is 0 Å². The van der Waals surface area contributed by atoms with Crippen molar-refractivity contribution in [2.24, 2.45) is 0 Å². The zero-order chi connectivity index (χ0) is 14.5. The fraction of sp³-hybridized carbons (Fsp3) is 0.389. The van der Waals surface area contributed by atoms with Crippen LogP contribution in [0.5, 0.6) is 0 Å². The first-order valence-electron chi connectivity index (χ1n) is 7.31. The summed E-state index contributed by atoms with van der Waals surface area (Å²) in [7, 11) is 2.03. The van der Waals surface area contributed by atoms with Crippen LogP contribution in [-0.2, 0) is 12.8 Å². The molecular formula is C18H24N2. The van der Waals surface area contributed by atoms with Gasteiger partial charge in [-0.1, -0.05) is 25.1 Å². The molecule has 0 aliphatic carbocycles. The number of hydrogen-bond donors (Lipinski definition) is 1. The first kappa shape index (κ1) is 14.7. The molecule has 106 valence electrons. The fourth-order valence-corrected chi connectivity index (χ4v) is 2.61.